The van der Waals surface area contributed by atoms with Crippen molar-refractivity contribution < 1.29 is 0 Å². The van der Waals surface area contributed by atoms with Gasteiger partial charge in [-0.3, -0.25) is 4.79 Å². The van der Waals surface area contributed by atoms with Crippen molar-refractivity contribution in [1.82, 2.24) is 25.4 Å². The second-order valence-corrected chi connectivity index (χ2v) is 2.14. The van der Waals surface area contributed by atoms with E-state index >= 15 is 0 Å². The van der Waals surface area contributed by atoms with Crippen molar-refractivity contribution in [2.24, 2.45) is 0 Å². The van der Waals surface area contributed by atoms with Crippen molar-refractivity contribution in [3.63, 3.8) is 0 Å². The maximum Gasteiger partial charge on any atom is 0.251 e. The van der Waals surface area contributed by atoms with Crippen LogP contribution < -0.4 is 5.56 Å². The highest BCUT2D eigenvalue weighted by Crippen LogP contribution is 2.03. The SMILES string of the molecule is O=c1ccnc(-c2cn[nH]n2)[nH]1. The summed E-state index contributed by atoms with van der Waals surface area (Å²) >= 11 is 0. The van der Waals surface area contributed by atoms with Gasteiger partial charge in [-0.2, -0.15) is 15.4 Å². The summed E-state index contributed by atoms with van der Waals surface area (Å²) in [5.41, 5.74) is 0.315. The monoisotopic (exact) mass is 163 g/mol. The Hall–Kier alpha value is -1.98. The molecule has 0 aromatic carbocycles. The molecule has 0 fully saturated rings. The highest BCUT2D eigenvalue weighted by Gasteiger charge is 2.00. The lowest BCUT2D eigenvalue weighted by Gasteiger charge is -1.90. The average molecular weight is 163 g/mol. The quantitative estimate of drug-likeness (QED) is 0.596. The summed E-state index contributed by atoms with van der Waals surface area (Å²) in [5.74, 6) is 0.413. The summed E-state index contributed by atoms with van der Waals surface area (Å²) in [4.78, 5) is 17.3. The molecule has 0 saturated carbocycles. The number of hydrogen-bond donors (Lipinski definition) is 2. The molecule has 0 spiro atoms. The van der Waals surface area contributed by atoms with E-state index in [0.717, 1.165) is 0 Å². The van der Waals surface area contributed by atoms with Crippen molar-refractivity contribution >= 4 is 0 Å². The lowest BCUT2D eigenvalue weighted by Crippen LogP contribution is -2.05. The highest BCUT2D eigenvalue weighted by atomic mass is 16.1. The predicted octanol–water partition coefficient (Wildman–Crippen LogP) is -0.445. The molecule has 0 saturated heterocycles. The van der Waals surface area contributed by atoms with Crippen LogP contribution in [0.2, 0.25) is 0 Å². The van der Waals surface area contributed by atoms with E-state index in [1.807, 2.05) is 0 Å². The molecule has 0 radical (unpaired) electrons. The fourth-order valence-corrected chi connectivity index (χ4v) is 0.816. The number of H-pyrrole nitrogens is 2. The van der Waals surface area contributed by atoms with Crippen molar-refractivity contribution in [2.75, 3.05) is 0 Å². The van der Waals surface area contributed by atoms with Crippen LogP contribution in [0.1, 0.15) is 0 Å². The average Bonchev–Trinajstić information content (AvgIpc) is 2.56. The Labute approximate surface area is 66.7 Å². The zero-order chi connectivity index (χ0) is 8.39. The fourth-order valence-electron chi connectivity index (χ4n) is 0.816. The van der Waals surface area contributed by atoms with E-state index in [4.69, 9.17) is 0 Å². The molecule has 6 heteroatoms. The van der Waals surface area contributed by atoms with Crippen LogP contribution in [0.5, 0.6) is 0 Å². The van der Waals surface area contributed by atoms with Crippen molar-refractivity contribution in [1.29, 1.82) is 0 Å². The van der Waals surface area contributed by atoms with Crippen molar-refractivity contribution in [2.45, 2.75) is 0 Å². The topological polar surface area (TPSA) is 87.3 Å². The van der Waals surface area contributed by atoms with Crippen LogP contribution >= 0.6 is 0 Å². The Morgan fingerprint density at radius 2 is 2.33 bits per heavy atom. The molecule has 12 heavy (non-hydrogen) atoms. The third kappa shape index (κ3) is 1.09. The molecular weight excluding hydrogens is 158 g/mol. The molecule has 6 nitrogen and oxygen atoms in total. The largest absolute Gasteiger partial charge is 0.305 e. The first-order valence-corrected chi connectivity index (χ1v) is 3.28. The molecule has 2 aromatic heterocycles. The van der Waals surface area contributed by atoms with Crippen LogP contribution in [0.3, 0.4) is 0 Å². The predicted molar refractivity (Wildman–Crippen MR) is 40.2 cm³/mol. The van der Waals surface area contributed by atoms with Gasteiger partial charge >= 0.3 is 0 Å². The van der Waals surface area contributed by atoms with Gasteiger partial charge in [0.25, 0.3) is 5.56 Å². The van der Waals surface area contributed by atoms with E-state index in [0.29, 0.717) is 11.5 Å². The van der Waals surface area contributed by atoms with Gasteiger partial charge in [0.15, 0.2) is 5.82 Å². The summed E-state index contributed by atoms with van der Waals surface area (Å²) in [6.45, 7) is 0. The molecule has 2 aromatic rings. The zero-order valence-corrected chi connectivity index (χ0v) is 5.98. The maximum absolute atomic E-state index is 10.8. The number of hydrogen-bond acceptors (Lipinski definition) is 4. The summed E-state index contributed by atoms with van der Waals surface area (Å²) in [7, 11) is 0. The molecule has 0 bridgehead atoms. The summed E-state index contributed by atoms with van der Waals surface area (Å²) in [6, 6.07) is 1.34. The van der Waals surface area contributed by atoms with E-state index in [1.54, 1.807) is 0 Å². The van der Waals surface area contributed by atoms with Crippen molar-refractivity contribution in [3.8, 4) is 11.5 Å². The van der Waals surface area contributed by atoms with Gasteiger partial charge in [-0.15, -0.1) is 0 Å². The molecule has 0 aliphatic rings. The van der Waals surface area contributed by atoms with Crippen molar-refractivity contribution in [3.05, 3.63) is 28.8 Å². The van der Waals surface area contributed by atoms with Gasteiger partial charge in [-0.25, -0.2) is 4.98 Å². The molecule has 2 rings (SSSR count). The van der Waals surface area contributed by atoms with Crippen LogP contribution in [-0.2, 0) is 0 Å². The normalized spacial score (nSPS) is 10.0. The zero-order valence-electron chi connectivity index (χ0n) is 5.98. The minimum absolute atomic E-state index is 0.206. The van der Waals surface area contributed by atoms with Gasteiger partial charge in [0.2, 0.25) is 0 Å². The van der Waals surface area contributed by atoms with Gasteiger partial charge in [-0.05, 0) is 0 Å². The van der Waals surface area contributed by atoms with E-state index in [2.05, 4.69) is 25.4 Å². The molecule has 0 aliphatic carbocycles. The molecular formula is C6H5N5O. The number of aromatic nitrogens is 5. The highest BCUT2D eigenvalue weighted by molar-refractivity contribution is 5.44. The Balaban J connectivity index is 2.55. The van der Waals surface area contributed by atoms with Crippen LogP contribution in [0.25, 0.3) is 11.5 Å². The number of rotatable bonds is 1. The molecule has 60 valence electrons. The molecule has 0 amide bonds. The first-order valence-electron chi connectivity index (χ1n) is 3.28. The minimum Gasteiger partial charge on any atom is -0.305 e. The van der Waals surface area contributed by atoms with E-state index in [9.17, 15) is 4.79 Å². The lowest BCUT2D eigenvalue weighted by atomic mass is 10.4. The van der Waals surface area contributed by atoms with E-state index in [1.165, 1.54) is 18.5 Å². The van der Waals surface area contributed by atoms with Gasteiger partial charge in [0.05, 0.1) is 6.20 Å². The van der Waals surface area contributed by atoms with Crippen LogP contribution in [0, 0.1) is 0 Å². The Bertz CT molecular complexity index is 418. The third-order valence-electron chi connectivity index (χ3n) is 1.33. The van der Waals surface area contributed by atoms with E-state index in [-0.39, 0.29) is 5.56 Å². The van der Waals surface area contributed by atoms with Crippen LogP contribution in [0.4, 0.5) is 0 Å². The van der Waals surface area contributed by atoms with Gasteiger partial charge in [-0.1, -0.05) is 0 Å². The van der Waals surface area contributed by atoms with Gasteiger partial charge in [0.1, 0.15) is 5.69 Å². The summed E-state index contributed by atoms with van der Waals surface area (Å²) < 4.78 is 0. The van der Waals surface area contributed by atoms with E-state index < -0.39 is 0 Å². The second kappa shape index (κ2) is 2.57. The summed E-state index contributed by atoms with van der Waals surface area (Å²) in [6.07, 6.45) is 2.90. The smallest absolute Gasteiger partial charge is 0.251 e. The number of nitrogens with zero attached hydrogens (tertiary/aromatic N) is 3. The molecule has 0 aliphatic heterocycles. The number of nitrogens with one attached hydrogen (secondary N) is 2. The first-order chi connectivity index (χ1) is 5.86. The Morgan fingerprint density at radius 3 is 3.00 bits per heavy atom. The standard InChI is InChI=1S/C6H5N5O/c12-5-1-2-7-6(9-5)4-3-8-11-10-4/h1-3H,(H,7,9,12)(H,8,10,11). The molecule has 2 N–H and O–H groups in total. The fraction of sp³-hybridized carbons (Fsp3) is 0. The molecule has 0 atom stereocenters. The van der Waals surface area contributed by atoms with Gasteiger partial charge in [0, 0.05) is 12.3 Å². The number of aromatic amines is 2. The minimum atomic E-state index is -0.206. The Kier molecular flexibility index (Phi) is 1.44. The third-order valence-corrected chi connectivity index (χ3v) is 1.33. The van der Waals surface area contributed by atoms with Gasteiger partial charge < -0.3 is 4.98 Å². The summed E-state index contributed by atoms with van der Waals surface area (Å²) in [5, 5.41) is 9.77. The molecule has 0 unspecified atom stereocenters. The second-order valence-electron chi connectivity index (χ2n) is 2.14. The van der Waals surface area contributed by atoms with Crippen LogP contribution in [-0.4, -0.2) is 25.4 Å². The lowest BCUT2D eigenvalue weighted by molar-refractivity contribution is 0.937. The van der Waals surface area contributed by atoms with Crippen LogP contribution in [0.15, 0.2) is 23.3 Å². The first kappa shape index (κ1) is 6.71. The molecule has 2 heterocycles. The Morgan fingerprint density at radius 1 is 1.42 bits per heavy atom. The maximum atomic E-state index is 10.8.